The third-order valence-electron chi connectivity index (χ3n) is 5.57. The number of carboxylic acids is 1. The molecule has 0 atom stereocenters. The first-order valence-corrected chi connectivity index (χ1v) is 13.8. The number of phenols is 2. The Labute approximate surface area is 226 Å². The van der Waals surface area contributed by atoms with E-state index in [1.54, 1.807) is 25.1 Å². The minimum atomic E-state index is -5.17. The molecule has 0 radical (unpaired) electrons. The summed E-state index contributed by atoms with van der Waals surface area (Å²) < 4.78 is 68.1. The van der Waals surface area contributed by atoms with Gasteiger partial charge in [0, 0.05) is 0 Å². The molecule has 0 fully saturated rings. The average molecular weight is 587 g/mol. The summed E-state index contributed by atoms with van der Waals surface area (Å²) in [6.07, 6.45) is 0. The number of hydrogen-bond acceptors (Lipinski definition) is 11. The summed E-state index contributed by atoms with van der Waals surface area (Å²) in [6, 6.07) is 13.1. The van der Waals surface area contributed by atoms with Crippen LogP contribution >= 0.6 is 0 Å². The number of azo groups is 2. The Balaban J connectivity index is 2.05. The fourth-order valence-corrected chi connectivity index (χ4v) is 4.99. The van der Waals surface area contributed by atoms with Gasteiger partial charge in [-0.15, -0.1) is 15.3 Å². The van der Waals surface area contributed by atoms with E-state index in [4.69, 9.17) is 0 Å². The Bertz CT molecular complexity index is 1970. The van der Waals surface area contributed by atoms with Crippen LogP contribution < -0.4 is 0 Å². The summed E-state index contributed by atoms with van der Waals surface area (Å²) in [5, 5.41) is 45.2. The zero-order valence-corrected chi connectivity index (χ0v) is 21.8. The fourth-order valence-electron chi connectivity index (χ4n) is 3.67. The van der Waals surface area contributed by atoms with Gasteiger partial charge < -0.3 is 15.3 Å². The normalized spacial score (nSPS) is 12.5. The largest absolute Gasteiger partial charge is 0.505 e. The third kappa shape index (κ3) is 5.50. The highest BCUT2D eigenvalue weighted by Crippen LogP contribution is 2.50. The summed E-state index contributed by atoms with van der Waals surface area (Å²) in [4.78, 5) is 9.42. The number of carbonyl (C=O) groups is 1. The number of rotatable bonds is 7. The maximum atomic E-state index is 12.1. The van der Waals surface area contributed by atoms with Crippen molar-refractivity contribution in [3.8, 4) is 11.5 Å². The molecule has 16 heteroatoms. The number of aryl methyl sites for hydroxylation is 1. The Morgan fingerprint density at radius 2 is 1.15 bits per heavy atom. The lowest BCUT2D eigenvalue weighted by atomic mass is 10.1. The fraction of sp³-hybridized carbons (Fsp3) is 0.0417. The molecule has 5 N–H and O–H groups in total. The van der Waals surface area contributed by atoms with Crippen LogP contribution in [-0.4, -0.2) is 47.2 Å². The molecule has 0 aliphatic carbocycles. The molecule has 0 aliphatic rings. The molecule has 0 unspecified atom stereocenters. The van der Waals surface area contributed by atoms with Crippen molar-refractivity contribution in [3.05, 3.63) is 71.8 Å². The lowest BCUT2D eigenvalue weighted by Crippen LogP contribution is -2.02. The Morgan fingerprint density at radius 1 is 0.700 bits per heavy atom. The van der Waals surface area contributed by atoms with E-state index in [1.807, 2.05) is 0 Å². The third-order valence-corrected chi connectivity index (χ3v) is 7.31. The van der Waals surface area contributed by atoms with Crippen molar-refractivity contribution in [1.29, 1.82) is 0 Å². The van der Waals surface area contributed by atoms with Gasteiger partial charge in [0.2, 0.25) is 0 Å². The summed E-state index contributed by atoms with van der Waals surface area (Å²) in [5.41, 5.74) is -1.36. The van der Waals surface area contributed by atoms with Gasteiger partial charge in [-0.25, -0.2) is 4.79 Å². The SMILES string of the molecule is Cc1ccccc1N=Nc1c(S(=O)(=O)O)cc2cc(S(=O)(=O)O)c(N=Nc3ccccc3C(=O)O)c(O)c2c1O. The second-order valence-electron chi connectivity index (χ2n) is 8.20. The number of phenolic OH excluding ortho intramolecular Hbond substituents is 2. The van der Waals surface area contributed by atoms with Gasteiger partial charge in [-0.1, -0.05) is 30.3 Å². The quantitative estimate of drug-likeness (QED) is 0.133. The predicted molar refractivity (Wildman–Crippen MR) is 140 cm³/mol. The van der Waals surface area contributed by atoms with Crippen molar-refractivity contribution in [2.75, 3.05) is 0 Å². The van der Waals surface area contributed by atoms with Crippen molar-refractivity contribution in [2.45, 2.75) is 16.7 Å². The van der Waals surface area contributed by atoms with Crippen LogP contribution in [0.2, 0.25) is 0 Å². The van der Waals surface area contributed by atoms with Crippen LogP contribution in [0.1, 0.15) is 15.9 Å². The first-order valence-electron chi connectivity index (χ1n) is 10.9. The van der Waals surface area contributed by atoms with Crippen molar-refractivity contribution >= 4 is 59.7 Å². The lowest BCUT2D eigenvalue weighted by molar-refractivity contribution is 0.0697. The van der Waals surface area contributed by atoms with Crippen molar-refractivity contribution in [2.24, 2.45) is 20.5 Å². The van der Waals surface area contributed by atoms with Crippen LogP contribution in [-0.2, 0) is 20.2 Å². The van der Waals surface area contributed by atoms with E-state index in [0.717, 1.165) is 0 Å². The molecule has 4 aromatic rings. The minimum Gasteiger partial charge on any atom is -0.505 e. The molecule has 0 saturated heterocycles. The number of aromatic carboxylic acids is 1. The number of benzene rings is 4. The average Bonchev–Trinajstić information content (AvgIpc) is 2.87. The van der Waals surface area contributed by atoms with Crippen LogP contribution in [0.3, 0.4) is 0 Å². The van der Waals surface area contributed by atoms with E-state index in [-0.39, 0.29) is 16.9 Å². The first-order chi connectivity index (χ1) is 18.7. The highest BCUT2D eigenvalue weighted by atomic mass is 32.2. The van der Waals surface area contributed by atoms with Gasteiger partial charge in [0.05, 0.1) is 16.6 Å². The van der Waals surface area contributed by atoms with Crippen molar-refractivity contribution in [3.63, 3.8) is 0 Å². The number of carboxylic acid groups (broad SMARTS) is 1. The molecule has 0 spiro atoms. The Morgan fingerprint density at radius 3 is 1.62 bits per heavy atom. The molecule has 0 bridgehead atoms. The topological polar surface area (TPSA) is 236 Å². The molecule has 0 aromatic heterocycles. The molecule has 4 rings (SSSR count). The highest BCUT2D eigenvalue weighted by molar-refractivity contribution is 7.86. The zero-order valence-electron chi connectivity index (χ0n) is 20.2. The summed E-state index contributed by atoms with van der Waals surface area (Å²) >= 11 is 0. The second-order valence-corrected chi connectivity index (χ2v) is 11.0. The number of fused-ring (bicyclic) bond motifs is 1. The van der Waals surface area contributed by atoms with Crippen LogP contribution in [0.15, 0.2) is 90.9 Å². The van der Waals surface area contributed by atoms with Crippen LogP contribution in [0.4, 0.5) is 22.7 Å². The van der Waals surface area contributed by atoms with Gasteiger partial charge in [-0.2, -0.15) is 21.9 Å². The maximum absolute atomic E-state index is 12.1. The van der Waals surface area contributed by atoms with E-state index in [1.165, 1.54) is 30.3 Å². The zero-order chi connectivity index (χ0) is 29.4. The molecule has 4 aromatic carbocycles. The minimum absolute atomic E-state index is 0.241. The first kappa shape index (κ1) is 28.2. The van der Waals surface area contributed by atoms with Gasteiger partial charge >= 0.3 is 5.97 Å². The second kappa shape index (κ2) is 10.4. The Kier molecular flexibility index (Phi) is 7.36. The molecular weight excluding hydrogens is 568 g/mol. The molecular formula is C24H18N4O10S2. The molecule has 206 valence electrons. The lowest BCUT2D eigenvalue weighted by Gasteiger charge is -2.13. The van der Waals surface area contributed by atoms with E-state index in [9.17, 15) is 46.1 Å². The molecule has 40 heavy (non-hydrogen) atoms. The molecule has 0 saturated carbocycles. The van der Waals surface area contributed by atoms with Gasteiger partial charge in [-0.05, 0) is 48.2 Å². The molecule has 0 heterocycles. The predicted octanol–water partition coefficient (Wildman–Crippen LogP) is 5.58. The maximum Gasteiger partial charge on any atom is 0.337 e. The molecule has 0 aliphatic heterocycles. The van der Waals surface area contributed by atoms with Crippen molar-refractivity contribution < 1.29 is 46.1 Å². The van der Waals surface area contributed by atoms with Crippen LogP contribution in [0, 0.1) is 6.92 Å². The van der Waals surface area contributed by atoms with Gasteiger partial charge in [-0.3, -0.25) is 9.11 Å². The van der Waals surface area contributed by atoms with Gasteiger partial charge in [0.15, 0.2) is 11.5 Å². The standard InChI is InChI=1S/C24H18N4O10S2/c1-12-6-2-4-8-15(12)25-27-20-17(39(33,34)35)10-13-11-18(40(36,37)38)21(23(30)19(13)22(20)29)28-26-16-9-5-3-7-14(16)24(31)32/h2-11,29-30H,1H3,(H,31,32)(H,33,34,35)(H,36,37,38). The number of aromatic hydroxyl groups is 2. The van der Waals surface area contributed by atoms with E-state index >= 15 is 0 Å². The van der Waals surface area contributed by atoms with Crippen LogP contribution in [0.25, 0.3) is 10.8 Å². The number of nitrogens with zero attached hydrogens (tertiary/aromatic N) is 4. The Hall–Kier alpha value is -4.77. The smallest absolute Gasteiger partial charge is 0.337 e. The van der Waals surface area contributed by atoms with Gasteiger partial charge in [0.1, 0.15) is 26.9 Å². The highest BCUT2D eigenvalue weighted by Gasteiger charge is 2.29. The van der Waals surface area contributed by atoms with E-state index in [0.29, 0.717) is 17.7 Å². The monoisotopic (exact) mass is 586 g/mol. The van der Waals surface area contributed by atoms with Crippen molar-refractivity contribution in [1.82, 2.24) is 0 Å². The van der Waals surface area contributed by atoms with Crippen LogP contribution in [0.5, 0.6) is 11.5 Å². The van der Waals surface area contributed by atoms with Gasteiger partial charge in [0.25, 0.3) is 20.2 Å². The summed E-state index contributed by atoms with van der Waals surface area (Å²) in [7, 11) is -10.3. The molecule has 0 amide bonds. The summed E-state index contributed by atoms with van der Waals surface area (Å²) in [6.45, 7) is 1.68. The number of hydrogen-bond donors (Lipinski definition) is 5. The molecule has 14 nitrogen and oxygen atoms in total. The summed E-state index contributed by atoms with van der Waals surface area (Å²) in [5.74, 6) is -3.51. The van der Waals surface area contributed by atoms with E-state index in [2.05, 4.69) is 20.5 Å². The van der Waals surface area contributed by atoms with E-state index < -0.39 is 69.6 Å².